The van der Waals surface area contributed by atoms with Crippen LogP contribution in [0.25, 0.3) is 0 Å². The number of carbonyl (C=O) groups excluding carboxylic acids is 3. The van der Waals surface area contributed by atoms with Crippen molar-refractivity contribution in [2.45, 2.75) is 39.7 Å². The van der Waals surface area contributed by atoms with Crippen LogP contribution in [0.5, 0.6) is 5.75 Å². The van der Waals surface area contributed by atoms with Gasteiger partial charge in [-0.2, -0.15) is 0 Å². The number of ether oxygens (including phenoxy) is 1. The molecule has 0 atom stereocenters. The Bertz CT molecular complexity index is 1010. The number of amides is 3. The molecule has 1 aliphatic heterocycles. The van der Waals surface area contributed by atoms with Crippen LogP contribution in [0.4, 0.5) is 11.4 Å². The lowest BCUT2D eigenvalue weighted by atomic mass is 9.96. The van der Waals surface area contributed by atoms with E-state index in [1.165, 1.54) is 11.8 Å². The van der Waals surface area contributed by atoms with E-state index in [0.29, 0.717) is 41.2 Å². The lowest BCUT2D eigenvalue weighted by Crippen LogP contribution is -2.45. The summed E-state index contributed by atoms with van der Waals surface area (Å²) in [6, 6.07) is 14.2. The second kappa shape index (κ2) is 12.4. The SMILES string of the molecule is COc1ccc(C(=O)N(CC(=O)NCC2CCN(C(C)C)CC2)c2ccccc2NC(C)=O)cc1. The maximum atomic E-state index is 13.5. The van der Waals surface area contributed by atoms with Gasteiger partial charge in [0.15, 0.2) is 0 Å². The number of benzene rings is 2. The van der Waals surface area contributed by atoms with Gasteiger partial charge in [-0.15, -0.1) is 0 Å². The molecule has 35 heavy (non-hydrogen) atoms. The highest BCUT2D eigenvalue weighted by atomic mass is 16.5. The van der Waals surface area contributed by atoms with E-state index < -0.39 is 0 Å². The maximum absolute atomic E-state index is 13.5. The van der Waals surface area contributed by atoms with E-state index in [1.54, 1.807) is 55.6 Å². The number of likely N-dealkylation sites (tertiary alicyclic amines) is 1. The molecular weight excluding hydrogens is 444 g/mol. The molecule has 1 heterocycles. The van der Waals surface area contributed by atoms with Crippen molar-refractivity contribution in [3.05, 3.63) is 54.1 Å². The quantitative estimate of drug-likeness (QED) is 0.573. The molecule has 2 aromatic carbocycles. The summed E-state index contributed by atoms with van der Waals surface area (Å²) < 4.78 is 5.19. The first-order valence-corrected chi connectivity index (χ1v) is 12.1. The van der Waals surface area contributed by atoms with Crippen LogP contribution in [0.3, 0.4) is 0 Å². The third-order valence-electron chi connectivity index (χ3n) is 6.36. The zero-order valence-corrected chi connectivity index (χ0v) is 21.0. The van der Waals surface area contributed by atoms with Crippen molar-refractivity contribution in [3.63, 3.8) is 0 Å². The highest BCUT2D eigenvalue weighted by Gasteiger charge is 2.25. The number of methoxy groups -OCH3 is 1. The normalized spacial score (nSPS) is 14.4. The standard InChI is InChI=1S/C27H36N4O4/c1-19(2)30-15-13-21(14-16-30)17-28-26(33)18-31(25-8-6-5-7-24(25)29-20(3)32)27(34)22-9-11-23(35-4)12-10-22/h5-12,19,21H,13-18H2,1-4H3,(H,28,33)(H,29,32). The van der Waals surface area contributed by atoms with Gasteiger partial charge in [0.05, 0.1) is 18.5 Å². The number of carbonyl (C=O) groups is 3. The molecule has 0 radical (unpaired) electrons. The number of piperidine rings is 1. The van der Waals surface area contributed by atoms with E-state index >= 15 is 0 Å². The number of hydrogen-bond acceptors (Lipinski definition) is 5. The summed E-state index contributed by atoms with van der Waals surface area (Å²) in [4.78, 5) is 42.1. The van der Waals surface area contributed by atoms with E-state index in [4.69, 9.17) is 4.74 Å². The van der Waals surface area contributed by atoms with Crippen LogP contribution in [0.2, 0.25) is 0 Å². The van der Waals surface area contributed by atoms with Crippen molar-refractivity contribution in [2.24, 2.45) is 5.92 Å². The molecule has 0 saturated carbocycles. The number of nitrogens with one attached hydrogen (secondary N) is 2. The Morgan fingerprint density at radius 1 is 1.06 bits per heavy atom. The summed E-state index contributed by atoms with van der Waals surface area (Å²) in [5.74, 6) is 0.215. The fourth-order valence-electron chi connectivity index (χ4n) is 4.29. The Balaban J connectivity index is 1.75. The Morgan fingerprint density at radius 3 is 2.31 bits per heavy atom. The molecule has 0 unspecified atom stereocenters. The smallest absolute Gasteiger partial charge is 0.258 e. The van der Waals surface area contributed by atoms with Gasteiger partial charge in [0.2, 0.25) is 11.8 Å². The second-order valence-corrected chi connectivity index (χ2v) is 9.20. The molecule has 1 saturated heterocycles. The first-order chi connectivity index (χ1) is 16.8. The van der Waals surface area contributed by atoms with Gasteiger partial charge in [0, 0.05) is 25.1 Å². The first-order valence-electron chi connectivity index (χ1n) is 12.1. The summed E-state index contributed by atoms with van der Waals surface area (Å²) in [5.41, 5.74) is 1.34. The molecule has 0 aliphatic carbocycles. The Hall–Kier alpha value is -3.39. The number of para-hydroxylation sites is 2. The molecule has 8 heteroatoms. The fraction of sp³-hybridized carbons (Fsp3) is 0.444. The minimum absolute atomic E-state index is 0.160. The topological polar surface area (TPSA) is 91.0 Å². The third-order valence-corrected chi connectivity index (χ3v) is 6.36. The lowest BCUT2D eigenvalue weighted by molar-refractivity contribution is -0.120. The average molecular weight is 481 g/mol. The van der Waals surface area contributed by atoms with Crippen molar-refractivity contribution in [1.29, 1.82) is 0 Å². The number of hydrogen-bond donors (Lipinski definition) is 2. The molecule has 0 bridgehead atoms. The van der Waals surface area contributed by atoms with Gasteiger partial charge < -0.3 is 20.3 Å². The fourth-order valence-corrected chi connectivity index (χ4v) is 4.29. The van der Waals surface area contributed by atoms with Gasteiger partial charge in [0.1, 0.15) is 12.3 Å². The molecule has 3 amide bonds. The largest absolute Gasteiger partial charge is 0.497 e. The monoisotopic (exact) mass is 480 g/mol. The maximum Gasteiger partial charge on any atom is 0.258 e. The van der Waals surface area contributed by atoms with Gasteiger partial charge in [-0.25, -0.2) is 0 Å². The lowest BCUT2D eigenvalue weighted by Gasteiger charge is -2.34. The zero-order chi connectivity index (χ0) is 25.4. The van der Waals surface area contributed by atoms with E-state index in [0.717, 1.165) is 25.9 Å². The Morgan fingerprint density at radius 2 is 1.71 bits per heavy atom. The number of nitrogens with zero attached hydrogens (tertiary/aromatic N) is 2. The van der Waals surface area contributed by atoms with Crippen molar-refractivity contribution in [3.8, 4) is 5.75 Å². The number of rotatable bonds is 9. The van der Waals surface area contributed by atoms with Gasteiger partial charge in [-0.3, -0.25) is 19.3 Å². The highest BCUT2D eigenvalue weighted by Crippen LogP contribution is 2.27. The van der Waals surface area contributed by atoms with Crippen LogP contribution in [0.1, 0.15) is 44.0 Å². The van der Waals surface area contributed by atoms with E-state index in [9.17, 15) is 14.4 Å². The molecule has 2 aromatic rings. The van der Waals surface area contributed by atoms with Crippen LogP contribution in [0.15, 0.2) is 48.5 Å². The van der Waals surface area contributed by atoms with Crippen molar-refractivity contribution < 1.29 is 19.1 Å². The molecule has 1 aliphatic rings. The van der Waals surface area contributed by atoms with Crippen molar-refractivity contribution in [2.75, 3.05) is 43.5 Å². The molecule has 0 spiro atoms. The minimum Gasteiger partial charge on any atom is -0.497 e. The predicted octanol–water partition coefficient (Wildman–Crippen LogP) is 3.54. The van der Waals surface area contributed by atoms with Crippen molar-refractivity contribution >= 4 is 29.1 Å². The van der Waals surface area contributed by atoms with Crippen molar-refractivity contribution in [1.82, 2.24) is 10.2 Å². The molecule has 2 N–H and O–H groups in total. The Labute approximate surface area is 207 Å². The van der Waals surface area contributed by atoms with Gasteiger partial charge >= 0.3 is 0 Å². The molecule has 188 valence electrons. The zero-order valence-electron chi connectivity index (χ0n) is 21.0. The summed E-state index contributed by atoms with van der Waals surface area (Å²) in [7, 11) is 1.56. The van der Waals surface area contributed by atoms with E-state index in [1.807, 2.05) is 0 Å². The Kier molecular flexibility index (Phi) is 9.25. The minimum atomic E-state index is -0.342. The molecule has 1 fully saturated rings. The van der Waals surface area contributed by atoms with Gasteiger partial charge in [0.25, 0.3) is 5.91 Å². The van der Waals surface area contributed by atoms with Gasteiger partial charge in [-0.05, 0) is 82.1 Å². The molecule has 0 aromatic heterocycles. The highest BCUT2D eigenvalue weighted by molar-refractivity contribution is 6.11. The third kappa shape index (κ3) is 7.29. The van der Waals surface area contributed by atoms with Crippen LogP contribution in [-0.4, -0.2) is 62.0 Å². The van der Waals surface area contributed by atoms with Crippen LogP contribution >= 0.6 is 0 Å². The first kappa shape index (κ1) is 26.2. The second-order valence-electron chi connectivity index (χ2n) is 9.20. The van der Waals surface area contributed by atoms with Gasteiger partial charge in [-0.1, -0.05) is 12.1 Å². The molecular formula is C27H36N4O4. The van der Waals surface area contributed by atoms with Crippen LogP contribution in [0, 0.1) is 5.92 Å². The average Bonchev–Trinajstić information content (AvgIpc) is 2.86. The number of anilines is 2. The van der Waals surface area contributed by atoms with Crippen LogP contribution < -0.4 is 20.3 Å². The van der Waals surface area contributed by atoms with E-state index in [-0.39, 0.29) is 24.3 Å². The summed E-state index contributed by atoms with van der Waals surface area (Å²) >= 11 is 0. The van der Waals surface area contributed by atoms with E-state index in [2.05, 4.69) is 29.4 Å². The summed E-state index contributed by atoms with van der Waals surface area (Å²) in [5, 5.41) is 5.78. The summed E-state index contributed by atoms with van der Waals surface area (Å²) in [6.07, 6.45) is 2.08. The summed E-state index contributed by atoms with van der Waals surface area (Å²) in [6.45, 7) is 8.30. The molecule has 3 rings (SSSR count). The van der Waals surface area contributed by atoms with Crippen LogP contribution in [-0.2, 0) is 9.59 Å². The molecule has 8 nitrogen and oxygen atoms in total. The predicted molar refractivity (Wildman–Crippen MR) is 138 cm³/mol.